The first-order valence-corrected chi connectivity index (χ1v) is 8.79. The summed E-state index contributed by atoms with van der Waals surface area (Å²) in [4.78, 5) is 10.8. The fourth-order valence-corrected chi connectivity index (χ4v) is 2.51. The highest BCUT2D eigenvalue weighted by molar-refractivity contribution is 7.99. The predicted molar refractivity (Wildman–Crippen MR) is 102 cm³/mol. The van der Waals surface area contributed by atoms with Gasteiger partial charge in [0.2, 0.25) is 0 Å². The highest BCUT2D eigenvalue weighted by Gasteiger charge is 2.05. The number of alkyl halides is 2. The normalized spacial score (nSPS) is 10.8. The summed E-state index contributed by atoms with van der Waals surface area (Å²) in [5.74, 6) is -3.36. The quantitative estimate of drug-likeness (QED) is 0.299. The summed E-state index contributed by atoms with van der Waals surface area (Å²) in [5, 5.41) is 17.4. The molecule has 0 aromatic heterocycles. The van der Waals surface area contributed by atoms with Gasteiger partial charge in [0.05, 0.1) is 12.2 Å². The zero-order valence-corrected chi connectivity index (χ0v) is 15.4. The Morgan fingerprint density at radius 1 is 1.22 bits per heavy atom. The fourth-order valence-electron chi connectivity index (χ4n) is 1.84. The molecule has 2 aromatic carbocycles. The van der Waals surface area contributed by atoms with Gasteiger partial charge in [-0.25, -0.2) is 0 Å². The molecule has 0 heterocycles. The molecule has 0 fully saturated rings. The molecule has 0 amide bonds. The molecular formula is C17H14F2N3O3S2-. The Morgan fingerprint density at radius 2 is 1.89 bits per heavy atom. The number of benzene rings is 2. The summed E-state index contributed by atoms with van der Waals surface area (Å²) >= 11 is 5.56. The van der Waals surface area contributed by atoms with Gasteiger partial charge in [0.15, 0.2) is 5.11 Å². The van der Waals surface area contributed by atoms with Crippen molar-refractivity contribution in [2.75, 3.05) is 11.9 Å². The molecule has 0 aliphatic carbocycles. The molecule has 10 heteroatoms. The number of hydrogen-bond acceptors (Lipinski definition) is 6. The van der Waals surface area contributed by atoms with Crippen LogP contribution in [0.1, 0.15) is 5.56 Å². The number of carboxylic acid groups (broad SMARTS) is 1. The molecule has 0 bridgehead atoms. The van der Waals surface area contributed by atoms with Crippen LogP contribution in [0.2, 0.25) is 0 Å². The second-order valence-electron chi connectivity index (χ2n) is 4.96. The first-order chi connectivity index (χ1) is 12.9. The van der Waals surface area contributed by atoms with E-state index in [1.807, 2.05) is 0 Å². The number of nitrogens with zero attached hydrogens (tertiary/aromatic N) is 1. The number of thiocarbonyl (C=S) groups is 1. The molecule has 27 heavy (non-hydrogen) atoms. The lowest BCUT2D eigenvalue weighted by molar-refractivity contribution is -0.307. The number of aliphatic carboxylic acids is 1. The van der Waals surface area contributed by atoms with Gasteiger partial charge >= 0.3 is 0 Å². The highest BCUT2D eigenvalue weighted by atomic mass is 32.2. The number of ether oxygens (including phenoxy) is 1. The van der Waals surface area contributed by atoms with Gasteiger partial charge in [-0.05, 0) is 66.3 Å². The number of carbonyl (C=O) groups excluding carboxylic acids is 1. The Morgan fingerprint density at radius 3 is 2.48 bits per heavy atom. The van der Waals surface area contributed by atoms with Gasteiger partial charge in [-0.15, -0.1) is 0 Å². The van der Waals surface area contributed by atoms with E-state index in [2.05, 4.69) is 15.8 Å². The van der Waals surface area contributed by atoms with Crippen molar-refractivity contribution in [3.05, 3.63) is 54.1 Å². The molecule has 0 radical (unpaired) electrons. The van der Waals surface area contributed by atoms with Crippen molar-refractivity contribution in [2.45, 2.75) is 10.7 Å². The lowest BCUT2D eigenvalue weighted by Crippen LogP contribution is -2.28. The van der Waals surface area contributed by atoms with Crippen molar-refractivity contribution in [2.24, 2.45) is 5.10 Å². The van der Waals surface area contributed by atoms with E-state index in [0.717, 1.165) is 5.56 Å². The van der Waals surface area contributed by atoms with E-state index in [-0.39, 0.29) is 5.11 Å². The van der Waals surface area contributed by atoms with Crippen LogP contribution in [0.4, 0.5) is 14.5 Å². The Kier molecular flexibility index (Phi) is 7.96. The molecule has 0 aliphatic heterocycles. The first-order valence-electron chi connectivity index (χ1n) is 7.50. The van der Waals surface area contributed by atoms with Crippen LogP contribution in [0.25, 0.3) is 0 Å². The van der Waals surface area contributed by atoms with Crippen molar-refractivity contribution in [3.63, 3.8) is 0 Å². The minimum Gasteiger partial charge on any atom is -0.546 e. The standard InChI is InChI=1S/C17H15F2N3O3S2/c18-16(19)27-14-7-3-12(4-8-14)21-17(26)22-20-9-11-1-5-13(6-2-11)25-10-15(23)24/h1-9,16H,10H2,(H,23,24)(H2,21,22,26)/p-1/b20-9-. The molecule has 6 nitrogen and oxygen atoms in total. The lowest BCUT2D eigenvalue weighted by Gasteiger charge is -2.08. The van der Waals surface area contributed by atoms with Crippen molar-refractivity contribution < 1.29 is 23.4 Å². The number of anilines is 1. The molecule has 2 aromatic rings. The third-order valence-corrected chi connectivity index (χ3v) is 3.87. The number of hydrazone groups is 1. The molecule has 0 aliphatic rings. The second-order valence-corrected chi connectivity index (χ2v) is 6.43. The highest BCUT2D eigenvalue weighted by Crippen LogP contribution is 2.26. The Labute approximate surface area is 163 Å². The smallest absolute Gasteiger partial charge is 0.288 e. The van der Waals surface area contributed by atoms with Gasteiger partial charge in [-0.3, -0.25) is 5.43 Å². The third-order valence-electron chi connectivity index (χ3n) is 2.95. The number of carboxylic acids is 1. The summed E-state index contributed by atoms with van der Waals surface area (Å²) in [5.41, 5.74) is 4.00. The van der Waals surface area contributed by atoms with Gasteiger partial charge in [0, 0.05) is 10.6 Å². The number of thioether (sulfide) groups is 1. The Bertz CT molecular complexity index is 800. The number of carbonyl (C=O) groups is 1. The monoisotopic (exact) mass is 410 g/mol. The maximum Gasteiger partial charge on any atom is 0.288 e. The maximum absolute atomic E-state index is 12.3. The predicted octanol–water partition coefficient (Wildman–Crippen LogP) is 2.45. The van der Waals surface area contributed by atoms with Crippen molar-refractivity contribution >= 4 is 47.0 Å². The van der Waals surface area contributed by atoms with Crippen LogP contribution >= 0.6 is 24.0 Å². The van der Waals surface area contributed by atoms with Gasteiger partial charge in [-0.1, -0.05) is 11.8 Å². The molecule has 0 unspecified atom stereocenters. The van der Waals surface area contributed by atoms with Crippen LogP contribution in [-0.2, 0) is 4.79 Å². The SMILES string of the molecule is O=C([O-])COc1ccc(/C=N\NC(=S)Nc2ccc(SC(F)F)cc2)cc1. The lowest BCUT2D eigenvalue weighted by atomic mass is 10.2. The first kappa shape index (κ1) is 20.6. The zero-order valence-electron chi connectivity index (χ0n) is 13.7. The Balaban J connectivity index is 1.79. The average molecular weight is 410 g/mol. The number of rotatable bonds is 8. The van der Waals surface area contributed by atoms with E-state index >= 15 is 0 Å². The summed E-state index contributed by atoms with van der Waals surface area (Å²) in [6.07, 6.45) is 1.51. The molecule has 0 saturated heterocycles. The van der Waals surface area contributed by atoms with E-state index in [0.29, 0.717) is 28.1 Å². The van der Waals surface area contributed by atoms with Gasteiger partial charge in [-0.2, -0.15) is 13.9 Å². The summed E-state index contributed by atoms with van der Waals surface area (Å²) < 4.78 is 29.5. The van der Waals surface area contributed by atoms with E-state index in [9.17, 15) is 18.7 Å². The molecule has 0 saturated carbocycles. The zero-order chi connectivity index (χ0) is 19.6. The summed E-state index contributed by atoms with van der Waals surface area (Å²) in [6, 6.07) is 13.0. The second kappa shape index (κ2) is 10.4. The van der Waals surface area contributed by atoms with Crippen molar-refractivity contribution in [3.8, 4) is 5.75 Å². The van der Waals surface area contributed by atoms with E-state index in [1.54, 1.807) is 48.5 Å². The van der Waals surface area contributed by atoms with Crippen LogP contribution in [-0.4, -0.2) is 29.7 Å². The van der Waals surface area contributed by atoms with E-state index in [4.69, 9.17) is 17.0 Å². The van der Waals surface area contributed by atoms with Crippen LogP contribution in [0.5, 0.6) is 5.75 Å². The van der Waals surface area contributed by atoms with Gasteiger partial charge < -0.3 is 20.0 Å². The largest absolute Gasteiger partial charge is 0.546 e. The average Bonchev–Trinajstić information content (AvgIpc) is 2.62. The summed E-state index contributed by atoms with van der Waals surface area (Å²) in [6.45, 7) is -0.517. The van der Waals surface area contributed by atoms with Crippen LogP contribution in [0.15, 0.2) is 58.5 Å². The topological polar surface area (TPSA) is 85.8 Å². The number of hydrogen-bond donors (Lipinski definition) is 2. The van der Waals surface area contributed by atoms with Crippen molar-refractivity contribution in [1.82, 2.24) is 5.43 Å². The minimum atomic E-state index is -2.46. The number of halogens is 2. The third kappa shape index (κ3) is 8.01. The van der Waals surface area contributed by atoms with E-state index in [1.165, 1.54) is 6.21 Å². The Hall–Kier alpha value is -2.72. The van der Waals surface area contributed by atoms with E-state index < -0.39 is 18.3 Å². The molecule has 0 atom stereocenters. The molecule has 0 spiro atoms. The van der Waals surface area contributed by atoms with Gasteiger partial charge in [0.25, 0.3) is 5.76 Å². The van der Waals surface area contributed by atoms with Crippen LogP contribution in [0, 0.1) is 0 Å². The van der Waals surface area contributed by atoms with Crippen LogP contribution < -0.4 is 20.6 Å². The maximum atomic E-state index is 12.3. The van der Waals surface area contributed by atoms with Gasteiger partial charge in [0.1, 0.15) is 12.4 Å². The summed E-state index contributed by atoms with van der Waals surface area (Å²) in [7, 11) is 0. The number of nitrogens with one attached hydrogen (secondary N) is 2. The molecule has 2 rings (SSSR count). The molecular weight excluding hydrogens is 396 g/mol. The van der Waals surface area contributed by atoms with Crippen molar-refractivity contribution in [1.29, 1.82) is 0 Å². The fraction of sp³-hybridized carbons (Fsp3) is 0.118. The molecule has 142 valence electrons. The minimum absolute atomic E-state index is 0.231. The molecule has 2 N–H and O–H groups in total. The van der Waals surface area contributed by atoms with Crippen LogP contribution in [0.3, 0.4) is 0 Å².